The Morgan fingerprint density at radius 3 is 2.34 bits per heavy atom. The molecule has 0 spiro atoms. The van der Waals surface area contributed by atoms with Gasteiger partial charge in [0.15, 0.2) is 0 Å². The molecule has 0 atom stereocenters. The number of aromatic nitrogens is 1. The molecule has 0 radical (unpaired) electrons. The first-order chi connectivity index (χ1) is 18.1. The highest BCUT2D eigenvalue weighted by Crippen LogP contribution is 2.33. The number of carboxylic acids is 1. The summed E-state index contributed by atoms with van der Waals surface area (Å²) >= 11 is 18.9. The summed E-state index contributed by atoms with van der Waals surface area (Å²) in [6.45, 7) is 7.28. The van der Waals surface area contributed by atoms with Crippen LogP contribution in [-0.4, -0.2) is 22.2 Å². The van der Waals surface area contributed by atoms with Crippen LogP contribution in [0.5, 0.6) is 5.75 Å². The first-order valence-electron chi connectivity index (χ1n) is 12.2. The normalized spacial score (nSPS) is 11.0. The molecule has 1 N–H and O–H groups in total. The second-order valence-electron chi connectivity index (χ2n) is 9.32. The molecule has 0 fully saturated rings. The lowest BCUT2D eigenvalue weighted by molar-refractivity contribution is 0.0684. The summed E-state index contributed by atoms with van der Waals surface area (Å²) in [6, 6.07) is 19.0. The molecule has 8 heteroatoms. The molecule has 0 aliphatic carbocycles. The fourth-order valence-electron chi connectivity index (χ4n) is 4.37. The zero-order valence-electron chi connectivity index (χ0n) is 21.5. The molecule has 4 rings (SSSR count). The van der Waals surface area contributed by atoms with Crippen LogP contribution in [0.1, 0.15) is 39.2 Å². The second-order valence-corrected chi connectivity index (χ2v) is 10.5. The Kier molecular flexibility index (Phi) is 8.93. The Labute approximate surface area is 238 Å². The minimum absolute atomic E-state index is 0.207. The number of hydrogen-bond acceptors (Lipinski definition) is 3. The number of aryl methyl sites for hydroxylation is 4. The third-order valence-electron chi connectivity index (χ3n) is 6.29. The number of rotatable bonds is 10. The SMILES string of the molecule is Cc1cccc(N(Cc2ccc(Cl)cc2Cl)c2cc(C(=O)O)n(CCCOc3cc(C)c(Cl)c(C)c3)c2)c1. The maximum absolute atomic E-state index is 12.1. The third-order valence-corrected chi connectivity index (χ3v) is 7.48. The van der Waals surface area contributed by atoms with Gasteiger partial charge in [0.25, 0.3) is 0 Å². The highest BCUT2D eigenvalue weighted by atomic mass is 35.5. The molecule has 3 aromatic carbocycles. The zero-order valence-corrected chi connectivity index (χ0v) is 23.7. The molecule has 198 valence electrons. The van der Waals surface area contributed by atoms with E-state index >= 15 is 0 Å². The first kappa shape index (κ1) is 27.9. The van der Waals surface area contributed by atoms with Crippen LogP contribution in [0.15, 0.2) is 66.9 Å². The van der Waals surface area contributed by atoms with Crippen molar-refractivity contribution < 1.29 is 14.6 Å². The monoisotopic (exact) mass is 570 g/mol. The predicted molar refractivity (Wildman–Crippen MR) is 156 cm³/mol. The van der Waals surface area contributed by atoms with Crippen LogP contribution >= 0.6 is 34.8 Å². The number of nitrogens with zero attached hydrogens (tertiary/aromatic N) is 2. The summed E-state index contributed by atoms with van der Waals surface area (Å²) in [4.78, 5) is 14.2. The van der Waals surface area contributed by atoms with E-state index in [0.29, 0.717) is 36.2 Å². The summed E-state index contributed by atoms with van der Waals surface area (Å²) in [5.74, 6) is -0.239. The topological polar surface area (TPSA) is 54.7 Å². The average Bonchev–Trinajstić information content (AvgIpc) is 3.29. The summed E-state index contributed by atoms with van der Waals surface area (Å²) < 4.78 is 7.68. The lowest BCUT2D eigenvalue weighted by atomic mass is 10.1. The summed E-state index contributed by atoms with van der Waals surface area (Å²) in [5.41, 5.74) is 5.79. The molecule has 0 bridgehead atoms. The van der Waals surface area contributed by atoms with Gasteiger partial charge < -0.3 is 19.3 Å². The first-order valence-corrected chi connectivity index (χ1v) is 13.4. The lowest BCUT2D eigenvalue weighted by Crippen LogP contribution is -2.16. The van der Waals surface area contributed by atoms with Crippen molar-refractivity contribution in [2.24, 2.45) is 0 Å². The quantitative estimate of drug-likeness (QED) is 0.193. The number of hydrogen-bond donors (Lipinski definition) is 1. The van der Waals surface area contributed by atoms with Crippen molar-refractivity contribution in [3.8, 4) is 5.75 Å². The van der Waals surface area contributed by atoms with Crippen molar-refractivity contribution in [3.63, 3.8) is 0 Å². The van der Waals surface area contributed by atoms with Crippen LogP contribution in [0.4, 0.5) is 11.4 Å². The van der Waals surface area contributed by atoms with Gasteiger partial charge in [0.1, 0.15) is 11.4 Å². The smallest absolute Gasteiger partial charge is 0.352 e. The van der Waals surface area contributed by atoms with E-state index < -0.39 is 5.97 Å². The molecule has 0 aliphatic heterocycles. The van der Waals surface area contributed by atoms with E-state index in [1.807, 2.05) is 63.4 Å². The molecule has 38 heavy (non-hydrogen) atoms. The zero-order chi connectivity index (χ0) is 27.4. The van der Waals surface area contributed by atoms with Crippen molar-refractivity contribution in [2.75, 3.05) is 11.5 Å². The molecular weight excluding hydrogens is 543 g/mol. The van der Waals surface area contributed by atoms with Crippen molar-refractivity contribution in [1.29, 1.82) is 0 Å². The van der Waals surface area contributed by atoms with Gasteiger partial charge in [-0.2, -0.15) is 0 Å². The number of carboxylic acid groups (broad SMARTS) is 1. The van der Waals surface area contributed by atoms with Gasteiger partial charge in [0.05, 0.1) is 12.3 Å². The highest BCUT2D eigenvalue weighted by Gasteiger charge is 2.19. The minimum atomic E-state index is -0.991. The van der Waals surface area contributed by atoms with Gasteiger partial charge in [-0.1, -0.05) is 53.0 Å². The number of ether oxygens (including phenoxy) is 1. The van der Waals surface area contributed by atoms with Gasteiger partial charge in [-0.05, 0) is 91.9 Å². The molecule has 0 unspecified atom stereocenters. The second kappa shape index (κ2) is 12.2. The van der Waals surface area contributed by atoms with Crippen LogP contribution in [0.2, 0.25) is 15.1 Å². The van der Waals surface area contributed by atoms with Gasteiger partial charge in [0.2, 0.25) is 0 Å². The lowest BCUT2D eigenvalue weighted by Gasteiger charge is -2.25. The van der Waals surface area contributed by atoms with Gasteiger partial charge in [0, 0.05) is 40.0 Å². The molecular formula is C30H29Cl3N2O3. The molecule has 0 amide bonds. The van der Waals surface area contributed by atoms with Crippen LogP contribution in [0.25, 0.3) is 0 Å². The number of benzene rings is 3. The minimum Gasteiger partial charge on any atom is -0.494 e. The van der Waals surface area contributed by atoms with E-state index in [9.17, 15) is 9.90 Å². The number of carbonyl (C=O) groups is 1. The number of aromatic carboxylic acids is 1. The fraction of sp³-hybridized carbons (Fsp3) is 0.233. The van der Waals surface area contributed by atoms with Crippen molar-refractivity contribution >= 4 is 52.1 Å². The maximum atomic E-state index is 12.1. The van der Waals surface area contributed by atoms with Crippen LogP contribution < -0.4 is 9.64 Å². The van der Waals surface area contributed by atoms with E-state index in [-0.39, 0.29) is 5.69 Å². The molecule has 1 heterocycles. The maximum Gasteiger partial charge on any atom is 0.352 e. The van der Waals surface area contributed by atoms with Gasteiger partial charge in [-0.25, -0.2) is 4.79 Å². The van der Waals surface area contributed by atoms with Crippen molar-refractivity contribution in [2.45, 2.75) is 40.3 Å². The number of anilines is 2. The van der Waals surface area contributed by atoms with E-state index in [1.165, 1.54) is 0 Å². The Hall–Kier alpha value is -3.12. The molecule has 4 aromatic rings. The van der Waals surface area contributed by atoms with Gasteiger partial charge in [-0.15, -0.1) is 0 Å². The Morgan fingerprint density at radius 2 is 1.68 bits per heavy atom. The molecule has 5 nitrogen and oxygen atoms in total. The average molecular weight is 572 g/mol. The standard InChI is InChI=1S/C30H29Cl3N2O3/c1-19-6-4-7-24(12-19)35(17-22-8-9-23(31)15-27(22)32)25-16-28(30(36)37)34(18-25)10-5-11-38-26-13-20(2)29(33)21(3)14-26/h4,6-9,12-16,18H,5,10-11,17H2,1-3H3,(H,36,37). The van der Waals surface area contributed by atoms with Crippen molar-refractivity contribution in [1.82, 2.24) is 4.57 Å². The van der Waals surface area contributed by atoms with E-state index in [2.05, 4.69) is 11.0 Å². The third kappa shape index (κ3) is 6.65. The summed E-state index contributed by atoms with van der Waals surface area (Å²) in [5, 5.41) is 11.8. The largest absolute Gasteiger partial charge is 0.494 e. The van der Waals surface area contributed by atoms with E-state index in [1.54, 1.807) is 22.8 Å². The van der Waals surface area contributed by atoms with E-state index in [0.717, 1.165) is 44.4 Å². The van der Waals surface area contributed by atoms with Crippen molar-refractivity contribution in [3.05, 3.63) is 110 Å². The van der Waals surface area contributed by atoms with Crippen LogP contribution in [-0.2, 0) is 13.1 Å². The molecule has 1 aromatic heterocycles. The molecule has 0 saturated heterocycles. The van der Waals surface area contributed by atoms with Gasteiger partial charge in [-0.3, -0.25) is 0 Å². The Morgan fingerprint density at radius 1 is 0.947 bits per heavy atom. The predicted octanol–water partition coefficient (Wildman–Crippen LogP) is 8.88. The Balaban J connectivity index is 1.57. The highest BCUT2D eigenvalue weighted by molar-refractivity contribution is 6.35. The fourth-order valence-corrected chi connectivity index (χ4v) is 4.95. The van der Waals surface area contributed by atoms with Gasteiger partial charge >= 0.3 is 5.97 Å². The molecule has 0 saturated carbocycles. The summed E-state index contributed by atoms with van der Waals surface area (Å²) in [6.07, 6.45) is 2.49. The number of halogens is 3. The summed E-state index contributed by atoms with van der Waals surface area (Å²) in [7, 11) is 0. The van der Waals surface area contributed by atoms with E-state index in [4.69, 9.17) is 39.5 Å². The van der Waals surface area contributed by atoms with Crippen LogP contribution in [0, 0.1) is 20.8 Å². The Bertz CT molecular complexity index is 1440. The molecule has 0 aliphatic rings. The van der Waals surface area contributed by atoms with Crippen LogP contribution in [0.3, 0.4) is 0 Å².